The molecule has 0 saturated heterocycles. The minimum absolute atomic E-state index is 0.589. The molecule has 3 rings (SSSR count). The molecule has 4 heteroatoms. The molecule has 1 N–H and O–H groups in total. The summed E-state index contributed by atoms with van der Waals surface area (Å²) in [4.78, 5) is 0. The van der Waals surface area contributed by atoms with Crippen molar-refractivity contribution in [2.45, 2.75) is 25.4 Å². The van der Waals surface area contributed by atoms with E-state index in [1.165, 1.54) is 11.1 Å². The third kappa shape index (κ3) is 1.91. The predicted molar refractivity (Wildman–Crippen MR) is 74.7 cm³/mol. The van der Waals surface area contributed by atoms with Crippen molar-refractivity contribution in [1.29, 1.82) is 5.26 Å². The fourth-order valence-corrected chi connectivity index (χ4v) is 3.09. The molecule has 2 unspecified atom stereocenters. The summed E-state index contributed by atoms with van der Waals surface area (Å²) >= 11 is 0. The Bertz CT molecular complexity index is 670. The molecule has 1 heterocycles. The van der Waals surface area contributed by atoms with Gasteiger partial charge in [0.2, 0.25) is 0 Å². The van der Waals surface area contributed by atoms with Gasteiger partial charge in [0.05, 0.1) is 17.2 Å². The molecule has 4 nitrogen and oxygen atoms in total. The first kappa shape index (κ1) is 12.9. The number of rotatable bonds is 2. The maximum Gasteiger partial charge on any atom is 0.114 e. The molecule has 0 radical (unpaired) electrons. The van der Waals surface area contributed by atoms with Gasteiger partial charge >= 0.3 is 0 Å². The molecule has 1 aliphatic carbocycles. The molecule has 0 fully saturated rings. The van der Waals surface area contributed by atoms with Gasteiger partial charge in [-0.25, -0.2) is 0 Å². The lowest BCUT2D eigenvalue weighted by atomic mass is 9.68. The summed E-state index contributed by atoms with van der Waals surface area (Å²) in [6.07, 6.45) is 2.94. The Morgan fingerprint density at radius 2 is 2.10 bits per heavy atom. The highest BCUT2D eigenvalue weighted by Crippen LogP contribution is 2.44. The van der Waals surface area contributed by atoms with Crippen molar-refractivity contribution in [3.05, 3.63) is 53.3 Å². The van der Waals surface area contributed by atoms with Gasteiger partial charge in [-0.05, 0) is 36.5 Å². The van der Waals surface area contributed by atoms with Crippen molar-refractivity contribution in [1.82, 2.24) is 9.78 Å². The summed E-state index contributed by atoms with van der Waals surface area (Å²) < 4.78 is 1.64. The SMILES string of the molecule is Cn1nccc1C(O)C1(C#N)CCc2ccccc2C1. The number of benzene rings is 1. The fraction of sp³-hybridized carbons (Fsp3) is 0.375. The third-order valence-corrected chi connectivity index (χ3v) is 4.35. The smallest absolute Gasteiger partial charge is 0.114 e. The van der Waals surface area contributed by atoms with Crippen LogP contribution in [0.4, 0.5) is 0 Å². The van der Waals surface area contributed by atoms with E-state index < -0.39 is 11.5 Å². The number of hydrogen-bond donors (Lipinski definition) is 1. The van der Waals surface area contributed by atoms with Gasteiger partial charge in [-0.15, -0.1) is 0 Å². The van der Waals surface area contributed by atoms with Crippen LogP contribution in [-0.4, -0.2) is 14.9 Å². The van der Waals surface area contributed by atoms with Crippen molar-refractivity contribution in [2.75, 3.05) is 0 Å². The van der Waals surface area contributed by atoms with E-state index in [0.717, 1.165) is 6.42 Å². The van der Waals surface area contributed by atoms with Crippen LogP contribution < -0.4 is 0 Å². The van der Waals surface area contributed by atoms with Gasteiger partial charge in [0.1, 0.15) is 6.10 Å². The standard InChI is InChI=1S/C16H17N3O/c1-19-14(7-9-18-19)15(20)16(11-17)8-6-12-4-2-3-5-13(12)10-16/h2-5,7,9,15,20H,6,8,10H2,1H3. The Labute approximate surface area is 118 Å². The lowest BCUT2D eigenvalue weighted by molar-refractivity contribution is 0.0459. The van der Waals surface area contributed by atoms with Crippen molar-refractivity contribution < 1.29 is 5.11 Å². The van der Waals surface area contributed by atoms with Crippen molar-refractivity contribution in [2.24, 2.45) is 12.5 Å². The topological polar surface area (TPSA) is 61.8 Å². The normalized spacial score (nSPS) is 22.9. The van der Waals surface area contributed by atoms with Crippen LogP contribution in [-0.2, 0) is 19.9 Å². The van der Waals surface area contributed by atoms with Crippen LogP contribution >= 0.6 is 0 Å². The van der Waals surface area contributed by atoms with Gasteiger partial charge in [-0.2, -0.15) is 10.4 Å². The first-order valence-corrected chi connectivity index (χ1v) is 6.80. The average Bonchev–Trinajstić information content (AvgIpc) is 2.92. The number of nitriles is 1. The summed E-state index contributed by atoms with van der Waals surface area (Å²) in [5.41, 5.74) is 2.39. The summed E-state index contributed by atoms with van der Waals surface area (Å²) in [5.74, 6) is 0. The molecule has 2 aromatic rings. The Kier molecular flexibility index (Phi) is 3.07. The van der Waals surface area contributed by atoms with Gasteiger partial charge < -0.3 is 5.11 Å². The monoisotopic (exact) mass is 267 g/mol. The number of aromatic nitrogens is 2. The first-order chi connectivity index (χ1) is 9.66. The van der Waals surface area contributed by atoms with Crippen molar-refractivity contribution in [3.63, 3.8) is 0 Å². The first-order valence-electron chi connectivity index (χ1n) is 6.80. The maximum atomic E-state index is 10.7. The molecule has 102 valence electrons. The number of fused-ring (bicyclic) bond motifs is 1. The Balaban J connectivity index is 1.99. The third-order valence-electron chi connectivity index (χ3n) is 4.35. The zero-order valence-corrected chi connectivity index (χ0v) is 11.5. The van der Waals surface area contributed by atoms with Crippen LogP contribution in [0.3, 0.4) is 0 Å². The second kappa shape index (κ2) is 4.77. The van der Waals surface area contributed by atoms with Crippen molar-refractivity contribution >= 4 is 0 Å². The van der Waals surface area contributed by atoms with E-state index in [1.54, 1.807) is 24.0 Å². The van der Waals surface area contributed by atoms with Crippen molar-refractivity contribution in [3.8, 4) is 6.07 Å². The summed E-state index contributed by atoms with van der Waals surface area (Å²) in [6.45, 7) is 0. The van der Waals surface area contributed by atoms with Crippen LogP contribution in [0.1, 0.15) is 29.3 Å². The van der Waals surface area contributed by atoms with E-state index in [2.05, 4.69) is 23.3 Å². The molecule has 0 amide bonds. The average molecular weight is 267 g/mol. The van der Waals surface area contributed by atoms with E-state index in [1.807, 2.05) is 12.1 Å². The van der Waals surface area contributed by atoms with E-state index in [0.29, 0.717) is 18.5 Å². The quantitative estimate of drug-likeness (QED) is 0.907. The van der Waals surface area contributed by atoms with Gasteiger partial charge in [0, 0.05) is 13.2 Å². The molecule has 0 spiro atoms. The summed E-state index contributed by atoms with van der Waals surface area (Å²) in [5, 5.41) is 24.5. The fourth-order valence-electron chi connectivity index (χ4n) is 3.09. The van der Waals surface area contributed by atoms with Crippen LogP contribution in [0.5, 0.6) is 0 Å². The Morgan fingerprint density at radius 1 is 1.35 bits per heavy atom. The lowest BCUT2D eigenvalue weighted by Gasteiger charge is -2.36. The molecular formula is C16H17N3O. The predicted octanol–water partition coefficient (Wildman–Crippen LogP) is 2.15. The summed E-state index contributed by atoms with van der Waals surface area (Å²) in [6, 6.07) is 12.3. The maximum absolute atomic E-state index is 10.7. The van der Waals surface area contributed by atoms with Crippen LogP contribution in [0.25, 0.3) is 0 Å². The number of aliphatic hydroxyl groups excluding tert-OH is 1. The minimum atomic E-state index is -0.812. The second-order valence-corrected chi connectivity index (χ2v) is 5.50. The number of hydrogen-bond acceptors (Lipinski definition) is 3. The van der Waals surface area contributed by atoms with Gasteiger partial charge in [-0.3, -0.25) is 4.68 Å². The van der Waals surface area contributed by atoms with Crippen LogP contribution in [0.15, 0.2) is 36.5 Å². The number of nitrogens with zero attached hydrogens (tertiary/aromatic N) is 3. The van der Waals surface area contributed by atoms with Crippen LogP contribution in [0.2, 0.25) is 0 Å². The molecule has 20 heavy (non-hydrogen) atoms. The Hall–Kier alpha value is -2.12. The van der Waals surface area contributed by atoms with E-state index in [-0.39, 0.29) is 0 Å². The molecular weight excluding hydrogens is 250 g/mol. The molecule has 1 aromatic heterocycles. The Morgan fingerprint density at radius 3 is 2.75 bits per heavy atom. The molecule has 0 bridgehead atoms. The molecule has 1 aromatic carbocycles. The summed E-state index contributed by atoms with van der Waals surface area (Å²) in [7, 11) is 1.79. The van der Waals surface area contributed by atoms with E-state index in [9.17, 15) is 10.4 Å². The van der Waals surface area contributed by atoms with Gasteiger partial charge in [0.15, 0.2) is 0 Å². The molecule has 0 aliphatic heterocycles. The number of aliphatic hydroxyl groups is 1. The second-order valence-electron chi connectivity index (χ2n) is 5.50. The van der Waals surface area contributed by atoms with Gasteiger partial charge in [-0.1, -0.05) is 24.3 Å². The largest absolute Gasteiger partial charge is 0.385 e. The molecule has 0 saturated carbocycles. The van der Waals surface area contributed by atoms with E-state index >= 15 is 0 Å². The zero-order chi connectivity index (χ0) is 14.2. The highest BCUT2D eigenvalue weighted by Gasteiger charge is 2.43. The molecule has 1 aliphatic rings. The van der Waals surface area contributed by atoms with E-state index in [4.69, 9.17) is 0 Å². The van der Waals surface area contributed by atoms with Gasteiger partial charge in [0.25, 0.3) is 0 Å². The zero-order valence-electron chi connectivity index (χ0n) is 11.5. The number of aryl methyl sites for hydroxylation is 2. The molecule has 2 atom stereocenters. The van der Waals surface area contributed by atoms with Crippen LogP contribution in [0, 0.1) is 16.7 Å². The highest BCUT2D eigenvalue weighted by atomic mass is 16.3. The lowest BCUT2D eigenvalue weighted by Crippen LogP contribution is -2.35. The minimum Gasteiger partial charge on any atom is -0.385 e. The highest BCUT2D eigenvalue weighted by molar-refractivity contribution is 5.34.